The number of amides is 2. The minimum Gasteiger partial charge on any atom is -0.378 e. The van der Waals surface area contributed by atoms with Gasteiger partial charge in [-0.1, -0.05) is 11.6 Å². The highest BCUT2D eigenvalue weighted by Gasteiger charge is 2.36. The first-order valence-electron chi connectivity index (χ1n) is 11.1. The van der Waals surface area contributed by atoms with Crippen LogP contribution in [-0.2, 0) is 14.3 Å². The van der Waals surface area contributed by atoms with Gasteiger partial charge in [0.15, 0.2) is 5.84 Å². The summed E-state index contributed by atoms with van der Waals surface area (Å²) in [6, 6.07) is 9.48. The molecule has 4 heterocycles. The van der Waals surface area contributed by atoms with E-state index >= 15 is 0 Å². The quantitative estimate of drug-likeness (QED) is 0.633. The number of ether oxygens (including phenoxy) is 1. The highest BCUT2D eigenvalue weighted by molar-refractivity contribution is 8.27. The molecule has 0 unspecified atom stereocenters. The van der Waals surface area contributed by atoms with E-state index in [2.05, 4.69) is 14.7 Å². The lowest BCUT2D eigenvalue weighted by molar-refractivity contribution is -0.133. The fourth-order valence-corrected chi connectivity index (χ4v) is 5.24. The summed E-state index contributed by atoms with van der Waals surface area (Å²) in [6.07, 6.45) is 1.78. The normalized spacial score (nSPS) is 19.2. The van der Waals surface area contributed by atoms with E-state index in [1.165, 1.54) is 5.01 Å². The molecule has 1 saturated heterocycles. The first-order valence-corrected chi connectivity index (χ1v) is 12.3. The summed E-state index contributed by atoms with van der Waals surface area (Å²) in [7, 11) is 0. The molecule has 2 amide bonds. The zero-order valence-corrected chi connectivity index (χ0v) is 20.8. The molecule has 0 saturated carbocycles. The Morgan fingerprint density at radius 1 is 1.23 bits per heavy atom. The maximum Gasteiger partial charge on any atom is 0.283 e. The standard InChI is InChI=1S/C24H23ClN6O3S/c1-14-11-16(15(2)30(14)18-5-3-17(25)4-6-18)12-19-22(26)31-24(27-23(19)33)35-20(28-31)13-21(32)29-7-9-34-10-8-29/h3-6,11-12,26H,7-10,13H2,1-2H3. The number of aromatic nitrogens is 1. The van der Waals surface area contributed by atoms with Crippen molar-refractivity contribution < 1.29 is 14.3 Å². The summed E-state index contributed by atoms with van der Waals surface area (Å²) >= 11 is 7.19. The van der Waals surface area contributed by atoms with E-state index in [0.29, 0.717) is 41.5 Å². The Balaban J connectivity index is 1.39. The topological polar surface area (TPSA) is 103 Å². The number of aryl methyl sites for hydroxylation is 1. The molecule has 180 valence electrons. The number of nitrogens with zero attached hydrogens (tertiary/aromatic N) is 5. The van der Waals surface area contributed by atoms with Crippen molar-refractivity contribution in [2.75, 3.05) is 26.3 Å². The van der Waals surface area contributed by atoms with Gasteiger partial charge in [-0.3, -0.25) is 15.0 Å². The molecule has 0 radical (unpaired) electrons. The molecular weight excluding hydrogens is 488 g/mol. The highest BCUT2D eigenvalue weighted by atomic mass is 35.5. The number of fused-ring (bicyclic) bond motifs is 1. The number of benzene rings is 1. The second-order valence-electron chi connectivity index (χ2n) is 8.32. The number of halogens is 1. The molecule has 0 aliphatic carbocycles. The van der Waals surface area contributed by atoms with Crippen molar-refractivity contribution in [3.63, 3.8) is 0 Å². The van der Waals surface area contributed by atoms with Crippen LogP contribution in [0.25, 0.3) is 11.8 Å². The van der Waals surface area contributed by atoms with E-state index < -0.39 is 5.91 Å². The molecule has 1 aromatic heterocycles. The number of nitrogens with one attached hydrogen (secondary N) is 1. The number of morpholine rings is 1. The van der Waals surface area contributed by atoms with Gasteiger partial charge >= 0.3 is 0 Å². The summed E-state index contributed by atoms with van der Waals surface area (Å²) in [4.78, 5) is 31.3. The molecule has 35 heavy (non-hydrogen) atoms. The number of amidine groups is 2. The predicted molar refractivity (Wildman–Crippen MR) is 137 cm³/mol. The van der Waals surface area contributed by atoms with Crippen molar-refractivity contribution in [1.82, 2.24) is 14.5 Å². The third-order valence-electron chi connectivity index (χ3n) is 6.02. The van der Waals surface area contributed by atoms with Gasteiger partial charge in [0.25, 0.3) is 5.91 Å². The number of aliphatic imine (C=N–C) groups is 1. The maximum atomic E-state index is 12.8. The van der Waals surface area contributed by atoms with E-state index in [0.717, 1.165) is 34.4 Å². The third-order valence-corrected chi connectivity index (χ3v) is 7.18. The Morgan fingerprint density at radius 2 is 1.94 bits per heavy atom. The third kappa shape index (κ3) is 4.56. The van der Waals surface area contributed by atoms with E-state index in [9.17, 15) is 9.59 Å². The van der Waals surface area contributed by atoms with Crippen molar-refractivity contribution in [3.05, 3.63) is 57.9 Å². The van der Waals surface area contributed by atoms with Crippen LogP contribution in [0, 0.1) is 19.3 Å². The molecule has 1 fully saturated rings. The lowest BCUT2D eigenvalue weighted by atomic mass is 10.1. The molecule has 0 spiro atoms. The molecule has 0 atom stereocenters. The van der Waals surface area contributed by atoms with Gasteiger partial charge in [-0.25, -0.2) is 0 Å². The lowest BCUT2D eigenvalue weighted by Gasteiger charge is -2.26. The van der Waals surface area contributed by atoms with Gasteiger partial charge in [0.1, 0.15) is 5.04 Å². The van der Waals surface area contributed by atoms with Crippen LogP contribution in [0.4, 0.5) is 0 Å². The Labute approximate surface area is 211 Å². The number of carbonyl (C=O) groups excluding carboxylic acids is 2. The summed E-state index contributed by atoms with van der Waals surface area (Å²) in [6.45, 7) is 6.09. The lowest BCUT2D eigenvalue weighted by Crippen LogP contribution is -2.41. The van der Waals surface area contributed by atoms with Crippen LogP contribution in [0.2, 0.25) is 5.02 Å². The number of carbonyl (C=O) groups is 2. The molecule has 1 aromatic carbocycles. The first-order chi connectivity index (χ1) is 16.8. The molecule has 3 aliphatic heterocycles. The van der Waals surface area contributed by atoms with E-state index in [1.807, 2.05) is 44.2 Å². The number of thioether (sulfide) groups is 1. The second-order valence-corrected chi connectivity index (χ2v) is 9.80. The van der Waals surface area contributed by atoms with Crippen LogP contribution in [0.3, 0.4) is 0 Å². The molecule has 3 aliphatic rings. The van der Waals surface area contributed by atoms with Gasteiger partial charge in [-0.05, 0) is 67.6 Å². The Bertz CT molecular complexity index is 1320. The highest BCUT2D eigenvalue weighted by Crippen LogP contribution is 2.31. The van der Waals surface area contributed by atoms with E-state index in [1.54, 1.807) is 11.0 Å². The van der Waals surface area contributed by atoms with Gasteiger partial charge in [0.05, 0.1) is 25.2 Å². The van der Waals surface area contributed by atoms with Gasteiger partial charge in [-0.15, -0.1) is 0 Å². The molecule has 2 aromatic rings. The molecule has 9 nitrogen and oxygen atoms in total. The maximum absolute atomic E-state index is 12.8. The van der Waals surface area contributed by atoms with Crippen molar-refractivity contribution in [2.45, 2.75) is 20.3 Å². The summed E-state index contributed by atoms with van der Waals surface area (Å²) in [5.74, 6) is -0.609. The average Bonchev–Trinajstić information content (AvgIpc) is 3.37. The molecule has 5 rings (SSSR count). The summed E-state index contributed by atoms with van der Waals surface area (Å²) in [5.41, 5.74) is 3.81. The number of hydrogen-bond donors (Lipinski definition) is 1. The number of hydrogen-bond acceptors (Lipinski definition) is 6. The molecule has 0 bridgehead atoms. The Kier molecular flexibility index (Phi) is 6.35. The van der Waals surface area contributed by atoms with Crippen LogP contribution in [0.1, 0.15) is 23.4 Å². The fourth-order valence-electron chi connectivity index (χ4n) is 4.23. The van der Waals surface area contributed by atoms with E-state index in [-0.39, 0.29) is 23.7 Å². The van der Waals surface area contributed by atoms with Gasteiger partial charge in [-0.2, -0.15) is 15.1 Å². The molecular formula is C24H23ClN6O3S. The molecule has 1 N–H and O–H groups in total. The van der Waals surface area contributed by atoms with Crippen LogP contribution in [0.15, 0.2) is 46.0 Å². The fraction of sp³-hybridized carbons (Fsp3) is 0.292. The monoisotopic (exact) mass is 510 g/mol. The average molecular weight is 511 g/mol. The number of rotatable bonds is 4. The zero-order valence-electron chi connectivity index (χ0n) is 19.2. The molecule has 11 heteroatoms. The van der Waals surface area contributed by atoms with Gasteiger partial charge < -0.3 is 14.2 Å². The van der Waals surface area contributed by atoms with Crippen LogP contribution < -0.4 is 0 Å². The Morgan fingerprint density at radius 3 is 2.66 bits per heavy atom. The summed E-state index contributed by atoms with van der Waals surface area (Å²) < 4.78 is 7.36. The minimum absolute atomic E-state index is 0.0525. The predicted octanol–water partition coefficient (Wildman–Crippen LogP) is 3.62. The largest absolute Gasteiger partial charge is 0.378 e. The first kappa shape index (κ1) is 23.5. The van der Waals surface area contributed by atoms with Crippen molar-refractivity contribution in [2.24, 2.45) is 10.1 Å². The van der Waals surface area contributed by atoms with Crippen LogP contribution in [-0.4, -0.2) is 68.6 Å². The van der Waals surface area contributed by atoms with E-state index in [4.69, 9.17) is 21.7 Å². The SMILES string of the molecule is Cc1cc(C=C2C(=N)N3N=C(CC(=O)N4CCOCC4)SC3=NC2=O)c(C)n1-c1ccc(Cl)cc1. The van der Waals surface area contributed by atoms with Crippen molar-refractivity contribution in [3.8, 4) is 5.69 Å². The van der Waals surface area contributed by atoms with Crippen molar-refractivity contribution >= 4 is 57.3 Å². The minimum atomic E-state index is -0.499. The Hall–Kier alpha value is -3.21. The zero-order chi connectivity index (χ0) is 24.7. The smallest absolute Gasteiger partial charge is 0.283 e. The summed E-state index contributed by atoms with van der Waals surface area (Å²) in [5, 5.41) is 15.9. The van der Waals surface area contributed by atoms with Crippen LogP contribution >= 0.6 is 23.4 Å². The number of hydrazone groups is 1. The second kappa shape index (κ2) is 9.44. The van der Waals surface area contributed by atoms with Gasteiger partial charge in [0.2, 0.25) is 11.1 Å². The van der Waals surface area contributed by atoms with Crippen molar-refractivity contribution in [1.29, 1.82) is 5.41 Å². The van der Waals surface area contributed by atoms with Gasteiger partial charge in [0, 0.05) is 35.2 Å². The van der Waals surface area contributed by atoms with Crippen LogP contribution in [0.5, 0.6) is 0 Å².